The third kappa shape index (κ3) is 5.63. The lowest BCUT2D eigenvalue weighted by molar-refractivity contribution is -0.125. The number of benzene rings is 1. The van der Waals surface area contributed by atoms with Crippen molar-refractivity contribution in [3.63, 3.8) is 0 Å². The van der Waals surface area contributed by atoms with Gasteiger partial charge in [-0.05, 0) is 48.2 Å². The summed E-state index contributed by atoms with van der Waals surface area (Å²) in [5.74, 6) is 5.94. The van der Waals surface area contributed by atoms with Crippen LogP contribution < -0.4 is 10.1 Å². The molecule has 26 heavy (non-hydrogen) atoms. The molecule has 5 nitrogen and oxygen atoms in total. The first-order valence-electron chi connectivity index (χ1n) is 7.92. The Morgan fingerprint density at radius 2 is 2.15 bits per heavy atom. The van der Waals surface area contributed by atoms with E-state index >= 15 is 0 Å². The number of rotatable bonds is 6. The SMILES string of the molecule is COCC#CC(C)(C)NC(=O)C(Oc1nc2ccccc2cc1Br)SC. The van der Waals surface area contributed by atoms with Crippen LogP contribution in [0.15, 0.2) is 34.8 Å². The fraction of sp³-hybridized carbons (Fsp3) is 0.368. The number of carbonyl (C=O) groups is 1. The number of hydrogen-bond donors (Lipinski definition) is 1. The highest BCUT2D eigenvalue weighted by Crippen LogP contribution is 2.29. The molecule has 0 spiro atoms. The van der Waals surface area contributed by atoms with Crippen LogP contribution in [-0.4, -0.2) is 41.8 Å². The van der Waals surface area contributed by atoms with Crippen molar-refractivity contribution in [1.82, 2.24) is 10.3 Å². The molecule has 1 aromatic carbocycles. The monoisotopic (exact) mass is 436 g/mol. The molecule has 0 radical (unpaired) electrons. The molecule has 1 atom stereocenters. The molecule has 1 aromatic heterocycles. The second kappa shape index (κ2) is 9.26. The van der Waals surface area contributed by atoms with E-state index in [2.05, 4.69) is 38.1 Å². The van der Waals surface area contributed by atoms with Crippen molar-refractivity contribution in [2.75, 3.05) is 20.0 Å². The van der Waals surface area contributed by atoms with Crippen LogP contribution in [0.3, 0.4) is 0 Å². The minimum Gasteiger partial charge on any atom is -0.452 e. The molecular weight excluding hydrogens is 416 g/mol. The van der Waals surface area contributed by atoms with Crippen LogP contribution in [0.4, 0.5) is 0 Å². The molecule has 1 amide bonds. The van der Waals surface area contributed by atoms with E-state index < -0.39 is 11.0 Å². The second-order valence-corrected chi connectivity index (χ2v) is 7.76. The smallest absolute Gasteiger partial charge is 0.272 e. The first-order chi connectivity index (χ1) is 12.4. The van der Waals surface area contributed by atoms with Gasteiger partial charge in [0.15, 0.2) is 0 Å². The van der Waals surface area contributed by atoms with Crippen LogP contribution in [-0.2, 0) is 9.53 Å². The van der Waals surface area contributed by atoms with E-state index in [0.717, 1.165) is 10.9 Å². The van der Waals surface area contributed by atoms with E-state index in [1.807, 2.05) is 50.4 Å². The van der Waals surface area contributed by atoms with Gasteiger partial charge in [0.05, 0.1) is 15.5 Å². The molecule has 0 aliphatic carbocycles. The van der Waals surface area contributed by atoms with Crippen LogP contribution in [0, 0.1) is 11.8 Å². The van der Waals surface area contributed by atoms with Gasteiger partial charge in [0, 0.05) is 12.5 Å². The highest BCUT2D eigenvalue weighted by atomic mass is 79.9. The molecule has 138 valence electrons. The summed E-state index contributed by atoms with van der Waals surface area (Å²) in [5.41, 5.74) is -0.638. The Hall–Kier alpha value is -1.75. The maximum absolute atomic E-state index is 12.6. The molecule has 2 rings (SSSR count). The zero-order valence-corrected chi connectivity index (χ0v) is 17.5. The lowest BCUT2D eigenvalue weighted by atomic mass is 10.1. The van der Waals surface area contributed by atoms with Crippen molar-refractivity contribution in [3.05, 3.63) is 34.8 Å². The van der Waals surface area contributed by atoms with Crippen LogP contribution in [0.1, 0.15) is 13.8 Å². The lowest BCUT2D eigenvalue weighted by Crippen LogP contribution is -2.47. The number of methoxy groups -OCH3 is 1. The molecule has 2 aromatic rings. The largest absolute Gasteiger partial charge is 0.452 e. The van der Waals surface area contributed by atoms with Gasteiger partial charge < -0.3 is 14.8 Å². The number of para-hydroxylation sites is 1. The van der Waals surface area contributed by atoms with Crippen LogP contribution >= 0.6 is 27.7 Å². The first-order valence-corrected chi connectivity index (χ1v) is 10.00. The molecule has 1 unspecified atom stereocenters. The number of aromatic nitrogens is 1. The Morgan fingerprint density at radius 1 is 1.42 bits per heavy atom. The summed E-state index contributed by atoms with van der Waals surface area (Å²) < 4.78 is 11.5. The Kier molecular flexibility index (Phi) is 7.33. The number of ether oxygens (including phenoxy) is 2. The summed E-state index contributed by atoms with van der Waals surface area (Å²) in [6.45, 7) is 3.97. The van der Waals surface area contributed by atoms with Crippen molar-refractivity contribution < 1.29 is 14.3 Å². The molecule has 1 N–H and O–H groups in total. The van der Waals surface area contributed by atoms with Crippen molar-refractivity contribution in [1.29, 1.82) is 0 Å². The van der Waals surface area contributed by atoms with Crippen molar-refractivity contribution >= 4 is 44.5 Å². The summed E-state index contributed by atoms with van der Waals surface area (Å²) in [5, 5.41) is 3.88. The van der Waals surface area contributed by atoms with Crippen LogP contribution in [0.5, 0.6) is 5.88 Å². The molecule has 0 saturated heterocycles. The van der Waals surface area contributed by atoms with Crippen molar-refractivity contribution in [2.24, 2.45) is 0 Å². The number of thioether (sulfide) groups is 1. The number of hydrogen-bond acceptors (Lipinski definition) is 5. The molecule has 0 aliphatic rings. The third-order valence-electron chi connectivity index (χ3n) is 3.35. The maximum atomic E-state index is 12.6. The summed E-state index contributed by atoms with van der Waals surface area (Å²) >= 11 is 4.75. The van der Waals surface area contributed by atoms with Gasteiger partial charge in [-0.3, -0.25) is 4.79 Å². The fourth-order valence-corrected chi connectivity index (χ4v) is 3.08. The predicted molar refractivity (Wildman–Crippen MR) is 109 cm³/mol. The van der Waals surface area contributed by atoms with Gasteiger partial charge in [-0.15, -0.1) is 11.8 Å². The molecule has 0 bridgehead atoms. The van der Waals surface area contributed by atoms with E-state index in [1.54, 1.807) is 7.11 Å². The number of nitrogens with zero attached hydrogens (tertiary/aromatic N) is 1. The molecular formula is C19H21BrN2O3S. The normalized spacial score (nSPS) is 12.2. The molecule has 1 heterocycles. The summed E-state index contributed by atoms with van der Waals surface area (Å²) in [7, 11) is 1.58. The van der Waals surface area contributed by atoms with Crippen LogP contribution in [0.2, 0.25) is 0 Å². The highest BCUT2D eigenvalue weighted by Gasteiger charge is 2.26. The van der Waals surface area contributed by atoms with E-state index in [1.165, 1.54) is 11.8 Å². The van der Waals surface area contributed by atoms with Crippen molar-refractivity contribution in [2.45, 2.75) is 24.8 Å². The van der Waals surface area contributed by atoms with Gasteiger partial charge in [-0.2, -0.15) is 0 Å². The first kappa shape index (κ1) is 20.6. The second-order valence-electron chi connectivity index (χ2n) is 6.00. The standard InChI is InChI=1S/C19H21BrN2O3S/c1-19(2,10-7-11-24-3)22-16(23)18(26-4)25-17-14(20)12-13-8-5-6-9-15(13)21-17/h5-6,8-9,12,18H,11H2,1-4H3,(H,22,23). The third-order valence-corrected chi connectivity index (χ3v) is 4.65. The molecule has 0 saturated carbocycles. The van der Waals surface area contributed by atoms with Crippen molar-refractivity contribution in [3.8, 4) is 17.7 Å². The number of carbonyl (C=O) groups excluding carboxylic acids is 1. The quantitative estimate of drug-likeness (QED) is 0.553. The molecule has 0 aliphatic heterocycles. The van der Waals surface area contributed by atoms with E-state index in [0.29, 0.717) is 17.0 Å². The Labute approximate surface area is 166 Å². The van der Waals surface area contributed by atoms with Crippen LogP contribution in [0.25, 0.3) is 10.9 Å². The minimum absolute atomic E-state index is 0.268. The maximum Gasteiger partial charge on any atom is 0.272 e. The van der Waals surface area contributed by atoms with Gasteiger partial charge in [-0.25, -0.2) is 4.98 Å². The number of halogens is 1. The average molecular weight is 437 g/mol. The predicted octanol–water partition coefficient (Wildman–Crippen LogP) is 3.61. The number of amides is 1. The minimum atomic E-state index is -0.747. The molecule has 7 heteroatoms. The average Bonchev–Trinajstić information content (AvgIpc) is 2.59. The Morgan fingerprint density at radius 3 is 2.85 bits per heavy atom. The summed E-state index contributed by atoms with van der Waals surface area (Å²) in [4.78, 5) is 17.1. The van der Waals surface area contributed by atoms with Gasteiger partial charge in [0.1, 0.15) is 6.61 Å². The fourth-order valence-electron chi connectivity index (χ4n) is 2.19. The number of fused-ring (bicyclic) bond motifs is 1. The zero-order valence-electron chi connectivity index (χ0n) is 15.1. The van der Waals surface area contributed by atoms with Gasteiger partial charge >= 0.3 is 0 Å². The Balaban J connectivity index is 2.15. The van der Waals surface area contributed by atoms with E-state index in [4.69, 9.17) is 9.47 Å². The number of nitrogens with one attached hydrogen (secondary N) is 1. The Bertz CT molecular complexity index is 846. The lowest BCUT2D eigenvalue weighted by Gasteiger charge is -2.24. The van der Waals surface area contributed by atoms with E-state index in [9.17, 15) is 4.79 Å². The molecule has 0 fully saturated rings. The van der Waals surface area contributed by atoms with Gasteiger partial charge in [0.25, 0.3) is 5.91 Å². The topological polar surface area (TPSA) is 60.5 Å². The zero-order chi connectivity index (χ0) is 19.2. The van der Waals surface area contributed by atoms with E-state index in [-0.39, 0.29) is 5.91 Å². The summed E-state index contributed by atoms with van der Waals surface area (Å²) in [6, 6.07) is 9.65. The number of pyridine rings is 1. The highest BCUT2D eigenvalue weighted by molar-refractivity contribution is 9.10. The van der Waals surface area contributed by atoms with Gasteiger partial charge in [-0.1, -0.05) is 30.0 Å². The van der Waals surface area contributed by atoms with Gasteiger partial charge in [0.2, 0.25) is 11.3 Å². The summed E-state index contributed by atoms with van der Waals surface area (Å²) in [6.07, 6.45) is 1.81.